The van der Waals surface area contributed by atoms with Crippen LogP contribution >= 0.6 is 0 Å². The number of rotatable bonds is 1. The first kappa shape index (κ1) is 11.0. The van der Waals surface area contributed by atoms with Crippen LogP contribution in [0.3, 0.4) is 0 Å². The van der Waals surface area contributed by atoms with Crippen LogP contribution in [-0.4, -0.2) is 0 Å². The van der Waals surface area contributed by atoms with Crippen molar-refractivity contribution in [1.82, 2.24) is 0 Å². The Hall–Kier alpha value is -1.06. The summed E-state index contributed by atoms with van der Waals surface area (Å²) in [5.41, 5.74) is -0.912. The second-order valence-corrected chi connectivity index (χ2v) is 3.06. The molecule has 0 aliphatic rings. The van der Waals surface area contributed by atoms with Crippen molar-refractivity contribution in [2.75, 3.05) is 0 Å². The van der Waals surface area contributed by atoms with E-state index in [0.29, 0.717) is 5.56 Å². The lowest BCUT2D eigenvalue weighted by molar-refractivity contribution is -0.138. The van der Waals surface area contributed by atoms with Gasteiger partial charge in [-0.25, -0.2) is 4.39 Å². The second-order valence-electron chi connectivity index (χ2n) is 3.06. The third kappa shape index (κ3) is 2.25. The Bertz CT molecular complexity index is 325. The van der Waals surface area contributed by atoms with Gasteiger partial charge in [0.15, 0.2) is 0 Å². The minimum absolute atomic E-state index is 0.414. The average molecular weight is 205 g/mol. The number of benzene rings is 1. The maximum atomic E-state index is 12.7. The molecule has 0 aliphatic heterocycles. The highest BCUT2D eigenvalue weighted by atomic mass is 19.4. The zero-order valence-corrected chi connectivity index (χ0v) is 7.53. The summed E-state index contributed by atoms with van der Waals surface area (Å²) in [6.07, 6.45) is -6.38. The molecule has 0 spiro atoms. The van der Waals surface area contributed by atoms with Crippen molar-refractivity contribution >= 4 is 0 Å². The molecule has 0 heterocycles. The summed E-state index contributed by atoms with van der Waals surface area (Å²) in [5.74, 6) is 0. The normalized spacial score (nSPS) is 14.1. The van der Waals surface area contributed by atoms with E-state index in [4.69, 9.17) is 0 Å². The van der Waals surface area contributed by atoms with Crippen LogP contribution in [0.15, 0.2) is 18.2 Å². The number of aryl methyl sites for hydroxylation is 1. The van der Waals surface area contributed by atoms with E-state index in [1.165, 1.54) is 13.0 Å². The highest BCUT2D eigenvalue weighted by Gasteiger charge is 2.34. The lowest BCUT2D eigenvalue weighted by Gasteiger charge is -2.14. The fraction of sp³-hybridized carbons (Fsp3) is 0.300. The number of hydrogen-bond donors (Lipinski definition) is 0. The fourth-order valence-electron chi connectivity index (χ4n) is 1.19. The van der Waals surface area contributed by atoms with Gasteiger partial charge in [-0.15, -0.1) is 0 Å². The third-order valence-electron chi connectivity index (χ3n) is 1.85. The zero-order chi connectivity index (χ0) is 10.9. The molecule has 1 aromatic rings. The molecule has 0 saturated heterocycles. The number of alkyl halides is 4. The summed E-state index contributed by atoms with van der Waals surface area (Å²) in [5, 5.41) is 0. The summed E-state index contributed by atoms with van der Waals surface area (Å²) in [7, 11) is 0. The molecule has 77 valence electrons. The largest absolute Gasteiger partial charge is 0.416 e. The molecule has 0 amide bonds. The summed E-state index contributed by atoms with van der Waals surface area (Å²) in [6, 6.07) is 3.48. The minimum atomic E-state index is -4.52. The second kappa shape index (κ2) is 3.59. The molecule has 14 heavy (non-hydrogen) atoms. The smallest absolute Gasteiger partial charge is 0.242 e. The Kier molecular flexibility index (Phi) is 2.83. The van der Waals surface area contributed by atoms with Gasteiger partial charge in [0.25, 0.3) is 0 Å². The van der Waals surface area contributed by atoms with E-state index in [0.717, 1.165) is 12.1 Å². The predicted molar refractivity (Wildman–Crippen MR) is 45.4 cm³/mol. The molecular formula is C10H9F4. The Balaban J connectivity index is 3.30. The molecule has 1 rings (SSSR count). The molecular weight excluding hydrogens is 196 g/mol. The molecule has 1 atom stereocenters. The van der Waals surface area contributed by atoms with Gasteiger partial charge in [0, 0.05) is 0 Å². The van der Waals surface area contributed by atoms with Crippen molar-refractivity contribution < 1.29 is 17.6 Å². The molecule has 0 saturated carbocycles. The van der Waals surface area contributed by atoms with E-state index in [1.807, 2.05) is 0 Å². The number of hydrogen-bond acceptors (Lipinski definition) is 0. The van der Waals surface area contributed by atoms with Crippen molar-refractivity contribution in [2.45, 2.75) is 19.3 Å². The molecule has 1 aromatic carbocycles. The lowest BCUT2D eigenvalue weighted by Crippen LogP contribution is -2.10. The lowest BCUT2D eigenvalue weighted by atomic mass is 10.0. The van der Waals surface area contributed by atoms with Gasteiger partial charge in [0.2, 0.25) is 0 Å². The summed E-state index contributed by atoms with van der Waals surface area (Å²) >= 11 is 0. The van der Waals surface area contributed by atoms with Crippen LogP contribution in [0.4, 0.5) is 17.6 Å². The van der Waals surface area contributed by atoms with Crippen LogP contribution in [0.5, 0.6) is 0 Å². The summed E-state index contributed by atoms with van der Waals surface area (Å²) in [6.45, 7) is 4.47. The van der Waals surface area contributed by atoms with Gasteiger partial charge in [-0.2, -0.15) is 13.2 Å². The monoisotopic (exact) mass is 205 g/mol. The Morgan fingerprint density at radius 3 is 2.29 bits per heavy atom. The molecule has 0 aliphatic carbocycles. The van der Waals surface area contributed by atoms with Crippen LogP contribution in [0, 0.1) is 13.8 Å². The topological polar surface area (TPSA) is 0 Å². The fourth-order valence-corrected chi connectivity index (χ4v) is 1.19. The van der Waals surface area contributed by atoms with E-state index in [2.05, 4.69) is 6.92 Å². The summed E-state index contributed by atoms with van der Waals surface area (Å²) < 4.78 is 49.9. The Labute approximate surface area is 79.6 Å². The maximum Gasteiger partial charge on any atom is 0.416 e. The van der Waals surface area contributed by atoms with Crippen LogP contribution in [0.1, 0.15) is 22.9 Å². The summed E-state index contributed by atoms with van der Waals surface area (Å²) in [4.78, 5) is 0. The standard InChI is InChI=1S/C10H9F4/c1-6-3-4-8(7(2)11)9(5-6)10(12,13)14/h3-5,7H,2H2,1H3. The van der Waals surface area contributed by atoms with Crippen molar-refractivity contribution in [2.24, 2.45) is 0 Å². The van der Waals surface area contributed by atoms with Gasteiger partial charge in [-0.1, -0.05) is 17.7 Å². The minimum Gasteiger partial charge on any atom is -0.242 e. The van der Waals surface area contributed by atoms with Gasteiger partial charge in [0.1, 0.15) is 6.17 Å². The third-order valence-corrected chi connectivity index (χ3v) is 1.85. The number of halogens is 4. The molecule has 1 radical (unpaired) electrons. The van der Waals surface area contributed by atoms with Gasteiger partial charge in [-0.05, 0) is 25.5 Å². The predicted octanol–water partition coefficient (Wildman–Crippen LogP) is 3.86. The van der Waals surface area contributed by atoms with E-state index < -0.39 is 23.5 Å². The van der Waals surface area contributed by atoms with Crippen LogP contribution < -0.4 is 0 Å². The average Bonchev–Trinajstić information content (AvgIpc) is 2.01. The van der Waals surface area contributed by atoms with Crippen LogP contribution in [-0.2, 0) is 6.18 Å². The van der Waals surface area contributed by atoms with Gasteiger partial charge >= 0.3 is 6.18 Å². The Morgan fingerprint density at radius 1 is 1.29 bits per heavy atom. The molecule has 0 aromatic heterocycles. The van der Waals surface area contributed by atoms with E-state index in [-0.39, 0.29) is 0 Å². The molecule has 0 fully saturated rings. The first-order valence-electron chi connectivity index (χ1n) is 3.97. The zero-order valence-electron chi connectivity index (χ0n) is 7.53. The highest BCUT2D eigenvalue weighted by molar-refractivity contribution is 5.35. The highest BCUT2D eigenvalue weighted by Crippen LogP contribution is 2.35. The van der Waals surface area contributed by atoms with Crippen molar-refractivity contribution in [3.8, 4) is 0 Å². The molecule has 0 nitrogen and oxygen atoms in total. The molecule has 4 heteroatoms. The van der Waals surface area contributed by atoms with Gasteiger partial charge in [0.05, 0.1) is 5.56 Å². The molecule has 1 unspecified atom stereocenters. The van der Waals surface area contributed by atoms with E-state index in [9.17, 15) is 17.6 Å². The maximum absolute atomic E-state index is 12.7. The van der Waals surface area contributed by atoms with E-state index in [1.54, 1.807) is 0 Å². The van der Waals surface area contributed by atoms with Crippen LogP contribution in [0.2, 0.25) is 0 Å². The quantitative estimate of drug-likeness (QED) is 0.610. The van der Waals surface area contributed by atoms with Crippen molar-refractivity contribution in [3.63, 3.8) is 0 Å². The van der Waals surface area contributed by atoms with Crippen molar-refractivity contribution in [3.05, 3.63) is 41.8 Å². The first-order chi connectivity index (χ1) is 6.32. The first-order valence-corrected chi connectivity index (χ1v) is 3.97. The molecule has 0 bridgehead atoms. The Morgan fingerprint density at radius 2 is 1.86 bits per heavy atom. The van der Waals surface area contributed by atoms with Crippen LogP contribution in [0.25, 0.3) is 0 Å². The molecule has 0 N–H and O–H groups in total. The van der Waals surface area contributed by atoms with Gasteiger partial charge in [-0.3, -0.25) is 0 Å². The van der Waals surface area contributed by atoms with E-state index >= 15 is 0 Å². The van der Waals surface area contributed by atoms with Gasteiger partial charge < -0.3 is 0 Å². The van der Waals surface area contributed by atoms with Crippen molar-refractivity contribution in [1.29, 1.82) is 0 Å². The SMILES string of the molecule is [CH2]C(F)c1ccc(C)cc1C(F)(F)F.